The highest BCUT2D eigenvalue weighted by molar-refractivity contribution is 4.51. The van der Waals surface area contributed by atoms with Gasteiger partial charge < -0.3 is 9.47 Å². The molecule has 1 atom stereocenters. The predicted octanol–water partition coefficient (Wildman–Crippen LogP) is 2.78. The van der Waals surface area contributed by atoms with Crippen molar-refractivity contribution in [2.24, 2.45) is 0 Å². The average molecular weight is 173 g/mol. The summed E-state index contributed by atoms with van der Waals surface area (Å²) in [5, 5.41) is 0. The summed E-state index contributed by atoms with van der Waals surface area (Å²) in [4.78, 5) is 0. The number of hydrogen-bond acceptors (Lipinski definition) is 2. The van der Waals surface area contributed by atoms with Crippen molar-refractivity contribution < 1.29 is 9.47 Å². The topological polar surface area (TPSA) is 18.5 Å². The van der Waals surface area contributed by atoms with Crippen LogP contribution in [0.1, 0.15) is 40.0 Å². The predicted molar refractivity (Wildman–Crippen MR) is 50.9 cm³/mol. The fraction of sp³-hybridized carbons (Fsp3) is 0.900. The zero-order valence-corrected chi connectivity index (χ0v) is 8.51. The van der Waals surface area contributed by atoms with E-state index in [-0.39, 0.29) is 0 Å². The van der Waals surface area contributed by atoms with Gasteiger partial charge in [-0.3, -0.25) is 0 Å². The molecule has 0 spiro atoms. The molecule has 0 amide bonds. The molecule has 2 nitrogen and oxygen atoms in total. The van der Waals surface area contributed by atoms with Crippen LogP contribution in [0.3, 0.4) is 0 Å². The molecule has 0 bridgehead atoms. The Morgan fingerprint density at radius 2 is 2.08 bits per heavy atom. The lowest BCUT2D eigenvalue weighted by atomic mass is 10.3. The molecule has 1 radical (unpaired) electrons. The highest BCUT2D eigenvalue weighted by Crippen LogP contribution is 1.97. The minimum absolute atomic E-state index is 0.344. The van der Waals surface area contributed by atoms with Crippen LogP contribution < -0.4 is 0 Å². The molecule has 0 aromatic rings. The standard InChI is InChI=1S/C10H21O2/c1-4-6-7-11-8-9-12-10(3)5-2/h8,10H,4-7,9H2,1-3H3. The highest BCUT2D eigenvalue weighted by atomic mass is 16.5. The van der Waals surface area contributed by atoms with E-state index in [9.17, 15) is 0 Å². The van der Waals surface area contributed by atoms with Crippen molar-refractivity contribution in [3.05, 3.63) is 6.61 Å². The maximum absolute atomic E-state index is 5.39. The number of hydrogen-bond donors (Lipinski definition) is 0. The Balaban J connectivity index is 2.90. The molecule has 2 heteroatoms. The van der Waals surface area contributed by atoms with Crippen molar-refractivity contribution >= 4 is 0 Å². The maximum Gasteiger partial charge on any atom is 0.109 e. The smallest absolute Gasteiger partial charge is 0.109 e. The number of rotatable bonds is 8. The van der Waals surface area contributed by atoms with E-state index >= 15 is 0 Å². The van der Waals surface area contributed by atoms with Gasteiger partial charge in [0.2, 0.25) is 0 Å². The number of ether oxygens (including phenoxy) is 2. The summed E-state index contributed by atoms with van der Waals surface area (Å²) in [6.07, 6.45) is 3.71. The molecular formula is C10H21O2. The molecule has 0 aromatic heterocycles. The van der Waals surface area contributed by atoms with Gasteiger partial charge >= 0.3 is 0 Å². The molecule has 0 aliphatic carbocycles. The molecular weight excluding hydrogens is 152 g/mol. The van der Waals surface area contributed by atoms with Crippen LogP contribution in [0.5, 0.6) is 0 Å². The van der Waals surface area contributed by atoms with E-state index in [1.165, 1.54) is 6.42 Å². The second-order valence-electron chi connectivity index (χ2n) is 2.94. The zero-order valence-electron chi connectivity index (χ0n) is 8.51. The fourth-order valence-corrected chi connectivity index (χ4v) is 0.681. The van der Waals surface area contributed by atoms with Crippen LogP contribution in [-0.2, 0) is 9.47 Å². The fourth-order valence-electron chi connectivity index (χ4n) is 0.681. The molecule has 0 fully saturated rings. The zero-order chi connectivity index (χ0) is 9.23. The summed E-state index contributed by atoms with van der Waals surface area (Å²) in [6, 6.07) is 0. The Morgan fingerprint density at radius 1 is 1.33 bits per heavy atom. The molecule has 0 aliphatic heterocycles. The third-order valence-corrected chi connectivity index (χ3v) is 1.76. The highest BCUT2D eigenvalue weighted by Gasteiger charge is 1.97. The molecule has 0 aromatic carbocycles. The molecule has 0 N–H and O–H groups in total. The third kappa shape index (κ3) is 8.02. The van der Waals surface area contributed by atoms with Gasteiger partial charge in [0.25, 0.3) is 0 Å². The van der Waals surface area contributed by atoms with Gasteiger partial charge in [-0.25, -0.2) is 0 Å². The summed E-state index contributed by atoms with van der Waals surface area (Å²) >= 11 is 0. The number of unbranched alkanes of at least 4 members (excludes halogenated alkanes) is 1. The van der Waals surface area contributed by atoms with Crippen LogP contribution in [-0.4, -0.2) is 19.3 Å². The third-order valence-electron chi connectivity index (χ3n) is 1.76. The van der Waals surface area contributed by atoms with Crippen molar-refractivity contribution in [1.29, 1.82) is 0 Å². The van der Waals surface area contributed by atoms with Gasteiger partial charge in [-0.1, -0.05) is 20.3 Å². The first-order valence-corrected chi connectivity index (χ1v) is 4.86. The molecule has 0 saturated carbocycles. The van der Waals surface area contributed by atoms with Crippen LogP contribution in [0.2, 0.25) is 0 Å². The Morgan fingerprint density at radius 3 is 2.67 bits per heavy atom. The summed E-state index contributed by atoms with van der Waals surface area (Å²) < 4.78 is 10.6. The minimum atomic E-state index is 0.344. The van der Waals surface area contributed by atoms with Gasteiger partial charge in [-0.15, -0.1) is 0 Å². The van der Waals surface area contributed by atoms with E-state index in [4.69, 9.17) is 9.47 Å². The van der Waals surface area contributed by atoms with Gasteiger partial charge in [0.1, 0.15) is 6.61 Å². The van der Waals surface area contributed by atoms with E-state index in [0.29, 0.717) is 12.7 Å². The quantitative estimate of drug-likeness (QED) is 0.525. The molecule has 0 aliphatic rings. The largest absolute Gasteiger partial charge is 0.376 e. The lowest BCUT2D eigenvalue weighted by molar-refractivity contribution is 0.0416. The van der Waals surface area contributed by atoms with Crippen molar-refractivity contribution in [3.63, 3.8) is 0 Å². The van der Waals surface area contributed by atoms with Crippen molar-refractivity contribution in [2.75, 3.05) is 13.2 Å². The van der Waals surface area contributed by atoms with Gasteiger partial charge in [0, 0.05) is 6.61 Å². The van der Waals surface area contributed by atoms with Crippen LogP contribution in [0.25, 0.3) is 0 Å². The molecule has 0 heterocycles. The Kier molecular flexibility index (Phi) is 8.95. The summed E-state index contributed by atoms with van der Waals surface area (Å²) in [5.41, 5.74) is 0. The lowest BCUT2D eigenvalue weighted by Crippen LogP contribution is -2.09. The Labute approximate surface area is 76.3 Å². The summed E-state index contributed by atoms with van der Waals surface area (Å²) in [7, 11) is 0. The van der Waals surface area contributed by atoms with Gasteiger partial charge in [-0.2, -0.15) is 0 Å². The molecule has 0 saturated heterocycles. The van der Waals surface area contributed by atoms with Crippen molar-refractivity contribution in [2.45, 2.75) is 46.1 Å². The van der Waals surface area contributed by atoms with Crippen molar-refractivity contribution in [1.82, 2.24) is 0 Å². The van der Waals surface area contributed by atoms with E-state index in [0.717, 1.165) is 19.4 Å². The summed E-state index contributed by atoms with van der Waals surface area (Å²) in [6.45, 7) is 9.52. The van der Waals surface area contributed by atoms with Crippen LogP contribution in [0.4, 0.5) is 0 Å². The SMILES string of the molecule is CCCCO[CH]COC(C)CC. The molecule has 0 rings (SSSR count). The van der Waals surface area contributed by atoms with E-state index in [2.05, 4.69) is 20.8 Å². The molecule has 12 heavy (non-hydrogen) atoms. The Hall–Kier alpha value is -0.0800. The van der Waals surface area contributed by atoms with Crippen LogP contribution in [0, 0.1) is 6.61 Å². The summed E-state index contributed by atoms with van der Waals surface area (Å²) in [5.74, 6) is 0. The van der Waals surface area contributed by atoms with Gasteiger partial charge in [0.15, 0.2) is 0 Å². The first kappa shape index (κ1) is 11.9. The first-order valence-electron chi connectivity index (χ1n) is 4.86. The van der Waals surface area contributed by atoms with Gasteiger partial charge in [-0.05, 0) is 19.8 Å². The van der Waals surface area contributed by atoms with E-state index in [1.807, 2.05) is 0 Å². The van der Waals surface area contributed by atoms with Crippen molar-refractivity contribution in [3.8, 4) is 0 Å². The van der Waals surface area contributed by atoms with Gasteiger partial charge in [0.05, 0.1) is 12.7 Å². The second-order valence-corrected chi connectivity index (χ2v) is 2.94. The van der Waals surface area contributed by atoms with E-state index in [1.54, 1.807) is 6.61 Å². The second kappa shape index (κ2) is 9.01. The van der Waals surface area contributed by atoms with E-state index < -0.39 is 0 Å². The average Bonchev–Trinajstić information content (AvgIpc) is 2.10. The first-order chi connectivity index (χ1) is 5.81. The lowest BCUT2D eigenvalue weighted by Gasteiger charge is -2.09. The monoisotopic (exact) mass is 173 g/mol. The van der Waals surface area contributed by atoms with Crippen LogP contribution in [0.15, 0.2) is 0 Å². The minimum Gasteiger partial charge on any atom is -0.376 e. The maximum atomic E-state index is 5.39. The molecule has 1 unspecified atom stereocenters. The Bertz CT molecular complexity index is 83.9. The molecule has 73 valence electrons. The van der Waals surface area contributed by atoms with Crippen LogP contribution >= 0.6 is 0 Å². The normalized spacial score (nSPS) is 13.2.